The first-order valence-corrected chi connectivity index (χ1v) is 7.82. The van der Waals surface area contributed by atoms with Gasteiger partial charge in [0.15, 0.2) is 0 Å². The van der Waals surface area contributed by atoms with Crippen LogP contribution >= 0.6 is 0 Å². The van der Waals surface area contributed by atoms with Crippen molar-refractivity contribution < 1.29 is 4.39 Å². The van der Waals surface area contributed by atoms with Crippen LogP contribution in [-0.2, 0) is 6.42 Å². The average Bonchev–Trinajstić information content (AvgIpc) is 2.33. The first kappa shape index (κ1) is 17.2. The molecule has 0 saturated heterocycles. The third-order valence-corrected chi connectivity index (χ3v) is 4.12. The van der Waals surface area contributed by atoms with Gasteiger partial charge in [-0.05, 0) is 86.9 Å². The first-order chi connectivity index (χ1) is 9.35. The van der Waals surface area contributed by atoms with Crippen molar-refractivity contribution >= 4 is 0 Å². The van der Waals surface area contributed by atoms with Crippen molar-refractivity contribution in [2.75, 3.05) is 13.1 Å². The SMILES string of the molecule is CCCNCCC(C)(C)CCc1c(C)cc(F)cc1C. The minimum Gasteiger partial charge on any atom is -0.317 e. The third kappa shape index (κ3) is 5.62. The van der Waals surface area contributed by atoms with E-state index in [1.807, 2.05) is 13.8 Å². The van der Waals surface area contributed by atoms with Gasteiger partial charge in [-0.2, -0.15) is 0 Å². The summed E-state index contributed by atoms with van der Waals surface area (Å²) in [5, 5.41) is 3.47. The van der Waals surface area contributed by atoms with Crippen molar-refractivity contribution in [2.45, 2.75) is 60.3 Å². The Kier molecular flexibility index (Phi) is 6.67. The summed E-state index contributed by atoms with van der Waals surface area (Å²) in [5.41, 5.74) is 3.82. The predicted molar refractivity (Wildman–Crippen MR) is 85.8 cm³/mol. The van der Waals surface area contributed by atoms with Crippen molar-refractivity contribution in [3.05, 3.63) is 34.6 Å². The Morgan fingerprint density at radius 3 is 2.20 bits per heavy atom. The van der Waals surface area contributed by atoms with Crippen molar-refractivity contribution in [3.8, 4) is 0 Å². The molecule has 1 aromatic carbocycles. The summed E-state index contributed by atoms with van der Waals surface area (Å²) >= 11 is 0. The van der Waals surface area contributed by atoms with Crippen LogP contribution in [0.25, 0.3) is 0 Å². The molecule has 0 radical (unpaired) electrons. The van der Waals surface area contributed by atoms with Gasteiger partial charge in [0.05, 0.1) is 0 Å². The minimum absolute atomic E-state index is 0.119. The normalized spacial score (nSPS) is 11.9. The van der Waals surface area contributed by atoms with E-state index in [1.165, 1.54) is 18.4 Å². The number of hydrogen-bond donors (Lipinski definition) is 1. The Bertz CT molecular complexity index is 400. The van der Waals surface area contributed by atoms with Crippen LogP contribution in [0.15, 0.2) is 12.1 Å². The van der Waals surface area contributed by atoms with E-state index in [0.717, 1.165) is 37.1 Å². The largest absolute Gasteiger partial charge is 0.317 e. The molecule has 0 atom stereocenters. The molecule has 0 aliphatic rings. The zero-order valence-electron chi connectivity index (χ0n) is 13.8. The van der Waals surface area contributed by atoms with E-state index in [2.05, 4.69) is 26.1 Å². The van der Waals surface area contributed by atoms with Crippen LogP contribution in [0.4, 0.5) is 4.39 Å². The summed E-state index contributed by atoms with van der Waals surface area (Å²) in [7, 11) is 0. The van der Waals surface area contributed by atoms with E-state index in [1.54, 1.807) is 12.1 Å². The van der Waals surface area contributed by atoms with Gasteiger partial charge in [-0.3, -0.25) is 0 Å². The zero-order valence-corrected chi connectivity index (χ0v) is 13.8. The lowest BCUT2D eigenvalue weighted by Crippen LogP contribution is -2.23. The zero-order chi connectivity index (χ0) is 15.2. The summed E-state index contributed by atoms with van der Waals surface area (Å²) in [6.45, 7) is 13.1. The molecule has 1 N–H and O–H groups in total. The number of halogens is 1. The molecule has 0 fully saturated rings. The molecule has 0 saturated carbocycles. The summed E-state index contributed by atoms with van der Waals surface area (Å²) in [6.07, 6.45) is 4.56. The van der Waals surface area contributed by atoms with Crippen molar-refractivity contribution in [2.24, 2.45) is 5.41 Å². The number of hydrogen-bond acceptors (Lipinski definition) is 1. The monoisotopic (exact) mass is 279 g/mol. The van der Waals surface area contributed by atoms with Crippen LogP contribution in [0.3, 0.4) is 0 Å². The van der Waals surface area contributed by atoms with Crippen LogP contribution in [0.2, 0.25) is 0 Å². The van der Waals surface area contributed by atoms with Crippen molar-refractivity contribution in [1.29, 1.82) is 0 Å². The van der Waals surface area contributed by atoms with E-state index < -0.39 is 0 Å². The standard InChI is InChI=1S/C18H30FN/c1-6-10-20-11-9-18(4,5)8-7-17-14(2)12-16(19)13-15(17)3/h12-13,20H,6-11H2,1-5H3. The molecule has 20 heavy (non-hydrogen) atoms. The molecule has 0 bridgehead atoms. The molecule has 114 valence electrons. The average molecular weight is 279 g/mol. The Morgan fingerprint density at radius 1 is 1.05 bits per heavy atom. The molecular formula is C18H30FN. The quantitative estimate of drug-likeness (QED) is 0.675. The number of nitrogens with one attached hydrogen (secondary N) is 1. The highest BCUT2D eigenvalue weighted by molar-refractivity contribution is 5.34. The second kappa shape index (κ2) is 7.78. The van der Waals surface area contributed by atoms with Crippen molar-refractivity contribution in [3.63, 3.8) is 0 Å². The summed E-state index contributed by atoms with van der Waals surface area (Å²) in [4.78, 5) is 0. The second-order valence-corrected chi connectivity index (χ2v) is 6.68. The Hall–Kier alpha value is -0.890. The van der Waals surface area contributed by atoms with Gasteiger partial charge in [0.2, 0.25) is 0 Å². The summed E-state index contributed by atoms with van der Waals surface area (Å²) < 4.78 is 13.3. The summed E-state index contributed by atoms with van der Waals surface area (Å²) in [5.74, 6) is -0.119. The molecule has 0 aliphatic heterocycles. The molecule has 1 rings (SSSR count). The fraction of sp³-hybridized carbons (Fsp3) is 0.667. The third-order valence-electron chi connectivity index (χ3n) is 4.12. The second-order valence-electron chi connectivity index (χ2n) is 6.68. The fourth-order valence-electron chi connectivity index (χ4n) is 2.65. The van der Waals surface area contributed by atoms with Gasteiger partial charge < -0.3 is 5.32 Å². The van der Waals surface area contributed by atoms with Gasteiger partial charge >= 0.3 is 0 Å². The molecule has 0 unspecified atom stereocenters. The van der Waals surface area contributed by atoms with Gasteiger partial charge in [-0.1, -0.05) is 20.8 Å². The van der Waals surface area contributed by atoms with Crippen LogP contribution in [-0.4, -0.2) is 13.1 Å². The van der Waals surface area contributed by atoms with Gasteiger partial charge in [-0.25, -0.2) is 4.39 Å². The molecule has 2 heteroatoms. The lowest BCUT2D eigenvalue weighted by atomic mass is 9.82. The molecule has 0 heterocycles. The number of rotatable bonds is 8. The lowest BCUT2D eigenvalue weighted by Gasteiger charge is -2.25. The Labute approximate surface area is 124 Å². The highest BCUT2D eigenvalue weighted by Crippen LogP contribution is 2.28. The maximum Gasteiger partial charge on any atom is 0.123 e. The predicted octanol–water partition coefficient (Wildman–Crippen LogP) is 4.79. The first-order valence-electron chi connectivity index (χ1n) is 7.82. The number of benzene rings is 1. The van der Waals surface area contributed by atoms with Gasteiger partial charge in [0, 0.05) is 0 Å². The van der Waals surface area contributed by atoms with Gasteiger partial charge in [0.1, 0.15) is 5.82 Å². The highest BCUT2D eigenvalue weighted by Gasteiger charge is 2.18. The molecule has 0 aliphatic carbocycles. The molecular weight excluding hydrogens is 249 g/mol. The fourth-order valence-corrected chi connectivity index (χ4v) is 2.65. The van der Waals surface area contributed by atoms with Gasteiger partial charge in [0.25, 0.3) is 0 Å². The highest BCUT2D eigenvalue weighted by atomic mass is 19.1. The Balaban J connectivity index is 2.53. The van der Waals surface area contributed by atoms with Crippen LogP contribution in [0, 0.1) is 25.1 Å². The van der Waals surface area contributed by atoms with E-state index in [-0.39, 0.29) is 5.82 Å². The maximum atomic E-state index is 13.3. The molecule has 0 spiro atoms. The number of aryl methyl sites for hydroxylation is 2. The molecule has 0 amide bonds. The summed E-state index contributed by atoms with van der Waals surface area (Å²) in [6, 6.07) is 3.30. The Morgan fingerprint density at radius 2 is 1.65 bits per heavy atom. The van der Waals surface area contributed by atoms with E-state index in [0.29, 0.717) is 5.41 Å². The molecule has 1 nitrogen and oxygen atoms in total. The smallest absolute Gasteiger partial charge is 0.123 e. The van der Waals surface area contributed by atoms with E-state index >= 15 is 0 Å². The van der Waals surface area contributed by atoms with Crippen LogP contribution in [0.1, 0.15) is 56.7 Å². The van der Waals surface area contributed by atoms with Crippen LogP contribution in [0.5, 0.6) is 0 Å². The van der Waals surface area contributed by atoms with E-state index in [4.69, 9.17) is 0 Å². The topological polar surface area (TPSA) is 12.0 Å². The maximum absolute atomic E-state index is 13.3. The minimum atomic E-state index is -0.119. The van der Waals surface area contributed by atoms with Gasteiger partial charge in [-0.15, -0.1) is 0 Å². The van der Waals surface area contributed by atoms with Crippen molar-refractivity contribution in [1.82, 2.24) is 5.32 Å². The molecule has 1 aromatic rings. The van der Waals surface area contributed by atoms with E-state index in [9.17, 15) is 4.39 Å². The molecule has 0 aromatic heterocycles. The lowest BCUT2D eigenvalue weighted by molar-refractivity contribution is 0.302. The van der Waals surface area contributed by atoms with Crippen LogP contribution < -0.4 is 5.32 Å².